The van der Waals surface area contributed by atoms with Gasteiger partial charge in [-0.15, -0.1) is 0 Å². The molecule has 0 radical (unpaired) electrons. The number of para-hydroxylation sites is 1. The molecule has 296 valence electrons. The predicted molar refractivity (Wildman–Crippen MR) is 239 cm³/mol. The van der Waals surface area contributed by atoms with Crippen molar-refractivity contribution in [2.24, 2.45) is 0 Å². The normalized spacial score (nSPS) is 16.7. The van der Waals surface area contributed by atoms with Crippen LogP contribution in [0.1, 0.15) is 99.8 Å². The molecule has 2 bridgehead atoms. The van der Waals surface area contributed by atoms with Crippen LogP contribution in [0.3, 0.4) is 0 Å². The lowest BCUT2D eigenvalue weighted by Crippen LogP contribution is -2.23. The number of nitriles is 2. The fraction of sp³-hybridized carbons (Fsp3) is 0.231. The Morgan fingerprint density at radius 1 is 0.590 bits per heavy atom. The van der Waals surface area contributed by atoms with Gasteiger partial charge in [-0.2, -0.15) is 10.5 Å². The topological polar surface area (TPSA) is 84.5 Å². The first-order valence-electron chi connectivity index (χ1n) is 20.5. The van der Waals surface area contributed by atoms with Gasteiger partial charge in [0, 0.05) is 17.3 Å². The summed E-state index contributed by atoms with van der Waals surface area (Å²) in [4.78, 5) is 14.7. The van der Waals surface area contributed by atoms with Gasteiger partial charge >= 0.3 is 0 Å². The van der Waals surface area contributed by atoms with Gasteiger partial charge in [0.2, 0.25) is 5.69 Å². The van der Waals surface area contributed by atoms with Gasteiger partial charge in [0.25, 0.3) is 0 Å². The van der Waals surface area contributed by atoms with E-state index in [2.05, 4.69) is 133 Å². The Bertz CT molecular complexity index is 2850. The highest BCUT2D eigenvalue weighted by Gasteiger charge is 2.51. The molecule has 6 aromatic rings. The van der Waals surface area contributed by atoms with E-state index in [4.69, 9.17) is 22.6 Å². The highest BCUT2D eigenvalue weighted by molar-refractivity contribution is 6.03. The van der Waals surface area contributed by atoms with E-state index >= 15 is 0 Å². The average Bonchev–Trinajstić information content (AvgIpc) is 3.83. The minimum atomic E-state index is -0.181. The molecular weight excluding hydrogens is 755 g/mol. The number of ether oxygens (including phenoxy) is 2. The molecule has 6 aromatic carbocycles. The zero-order chi connectivity index (χ0) is 42.5. The van der Waals surface area contributed by atoms with Crippen LogP contribution >= 0.6 is 0 Å². The summed E-state index contributed by atoms with van der Waals surface area (Å²) in [6, 6.07) is 38.2. The van der Waals surface area contributed by atoms with E-state index in [9.17, 15) is 10.5 Å². The van der Waals surface area contributed by atoms with Crippen LogP contribution in [0, 0.1) is 35.8 Å². The standard InChI is InChI=1S/C52H41N7O2/c1-51(2,3)31-15-19-37-43(25-31)60-42-24-30(28-53)14-18-36(42)58(37)49-35(29-54)48(56-8)50(47-41-23-22-40(46(47)49)57(41)34-12-10-9-11-13-34)59-38-20-16-32(52(4,5)6)26-44(38)61-45-27-33(55-7)17-21-39(45)59/h9-21,24-27,40-41H,22-23H2,1-6H3. The summed E-state index contributed by atoms with van der Waals surface area (Å²) in [6.07, 6.45) is 1.67. The summed E-state index contributed by atoms with van der Waals surface area (Å²) < 4.78 is 13.3. The minimum Gasteiger partial charge on any atom is -0.454 e. The van der Waals surface area contributed by atoms with Gasteiger partial charge < -0.3 is 24.2 Å². The van der Waals surface area contributed by atoms with Crippen LogP contribution in [0.2, 0.25) is 0 Å². The minimum absolute atomic E-state index is 0.139. The summed E-state index contributed by atoms with van der Waals surface area (Å²) in [5, 5.41) is 21.6. The second-order valence-corrected chi connectivity index (χ2v) is 18.1. The SMILES string of the molecule is [C-]#[N+]c1ccc2c(c1)Oc1cc(C(C)(C)C)ccc1N2c1c([N+]#[C-])c(C#N)c(N2c3ccc(C#N)cc3Oc3cc(C(C)(C)C)ccc32)c2c1C1CCC2N1c1ccccc1. The molecule has 9 heteroatoms. The Morgan fingerprint density at radius 2 is 1.10 bits per heavy atom. The van der Waals surface area contributed by atoms with Crippen LogP contribution in [-0.4, -0.2) is 0 Å². The zero-order valence-corrected chi connectivity index (χ0v) is 34.8. The van der Waals surface area contributed by atoms with Crippen molar-refractivity contribution in [2.45, 2.75) is 77.3 Å². The summed E-state index contributed by atoms with van der Waals surface area (Å²) in [5.41, 5.74) is 10.3. The van der Waals surface area contributed by atoms with E-state index in [0.29, 0.717) is 57.0 Å². The molecule has 1 fully saturated rings. The van der Waals surface area contributed by atoms with Crippen LogP contribution in [-0.2, 0) is 10.8 Å². The highest BCUT2D eigenvalue weighted by Crippen LogP contribution is 2.68. The molecule has 0 aliphatic carbocycles. The Hall–Kier alpha value is -7.72. The van der Waals surface area contributed by atoms with Crippen LogP contribution in [0.5, 0.6) is 23.0 Å². The Labute approximate surface area is 356 Å². The van der Waals surface area contributed by atoms with Gasteiger partial charge in [-0.05, 0) is 101 Å². The molecule has 9 nitrogen and oxygen atoms in total. The van der Waals surface area contributed by atoms with Crippen LogP contribution in [0.15, 0.2) is 103 Å². The second kappa shape index (κ2) is 13.4. The summed E-state index contributed by atoms with van der Waals surface area (Å²) in [7, 11) is 0. The quantitative estimate of drug-likeness (QED) is 0.165. The van der Waals surface area contributed by atoms with Gasteiger partial charge in [0.05, 0.1) is 82.6 Å². The maximum Gasteiger partial charge on any atom is 0.230 e. The third kappa shape index (κ3) is 5.63. The molecule has 10 rings (SSSR count). The molecule has 0 saturated carbocycles. The third-order valence-electron chi connectivity index (χ3n) is 12.5. The van der Waals surface area contributed by atoms with Crippen molar-refractivity contribution >= 4 is 51.2 Å². The summed E-state index contributed by atoms with van der Waals surface area (Å²) >= 11 is 0. The number of benzene rings is 6. The smallest absolute Gasteiger partial charge is 0.230 e. The number of anilines is 7. The van der Waals surface area contributed by atoms with Crippen molar-refractivity contribution in [1.29, 1.82) is 10.5 Å². The first kappa shape index (κ1) is 37.5. The third-order valence-corrected chi connectivity index (χ3v) is 12.5. The summed E-state index contributed by atoms with van der Waals surface area (Å²) in [5.74, 6) is 2.20. The van der Waals surface area contributed by atoms with Crippen molar-refractivity contribution in [3.63, 3.8) is 0 Å². The van der Waals surface area contributed by atoms with Gasteiger partial charge in [-0.25, -0.2) is 9.69 Å². The van der Waals surface area contributed by atoms with Crippen LogP contribution in [0.4, 0.5) is 51.2 Å². The number of fused-ring (bicyclic) bond motifs is 9. The molecule has 0 spiro atoms. The first-order valence-corrected chi connectivity index (χ1v) is 20.5. The molecule has 1 saturated heterocycles. The second-order valence-electron chi connectivity index (χ2n) is 18.1. The van der Waals surface area contributed by atoms with Gasteiger partial charge in [0.1, 0.15) is 5.75 Å². The van der Waals surface area contributed by atoms with Crippen molar-refractivity contribution in [3.8, 4) is 35.1 Å². The Balaban J connectivity index is 1.33. The molecule has 4 heterocycles. The molecule has 0 amide bonds. The summed E-state index contributed by atoms with van der Waals surface area (Å²) in [6.45, 7) is 29.8. The molecule has 0 aromatic heterocycles. The van der Waals surface area contributed by atoms with E-state index in [1.807, 2.05) is 24.3 Å². The number of nitrogens with zero attached hydrogens (tertiary/aromatic N) is 7. The zero-order valence-electron chi connectivity index (χ0n) is 34.8. The largest absolute Gasteiger partial charge is 0.454 e. The van der Waals surface area contributed by atoms with Crippen LogP contribution < -0.4 is 24.2 Å². The van der Waals surface area contributed by atoms with E-state index in [1.165, 1.54) is 0 Å². The molecule has 0 N–H and O–H groups in total. The van der Waals surface area contributed by atoms with Crippen molar-refractivity contribution < 1.29 is 9.47 Å². The molecule has 61 heavy (non-hydrogen) atoms. The lowest BCUT2D eigenvalue weighted by molar-refractivity contribution is 0.472. The number of hydrogen-bond acceptors (Lipinski definition) is 7. The van der Waals surface area contributed by atoms with Gasteiger partial charge in [-0.1, -0.05) is 77.9 Å². The molecule has 2 unspecified atom stereocenters. The lowest BCUT2D eigenvalue weighted by Gasteiger charge is -2.40. The monoisotopic (exact) mass is 795 g/mol. The predicted octanol–water partition coefficient (Wildman–Crippen LogP) is 14.7. The molecular formula is C52H41N7O2. The molecule has 2 atom stereocenters. The number of hydrogen-bond donors (Lipinski definition) is 0. The lowest BCUT2D eigenvalue weighted by atomic mass is 9.83. The maximum atomic E-state index is 11.6. The molecule has 4 aliphatic heterocycles. The Morgan fingerprint density at radius 3 is 1.62 bits per heavy atom. The Kier molecular flexibility index (Phi) is 8.25. The van der Waals surface area contributed by atoms with Crippen LogP contribution in [0.25, 0.3) is 9.69 Å². The van der Waals surface area contributed by atoms with Gasteiger partial charge in [-0.3, -0.25) is 0 Å². The van der Waals surface area contributed by atoms with E-state index in [1.54, 1.807) is 24.3 Å². The van der Waals surface area contributed by atoms with E-state index in [-0.39, 0.29) is 34.2 Å². The van der Waals surface area contributed by atoms with Gasteiger partial charge in [0.15, 0.2) is 22.9 Å². The highest BCUT2D eigenvalue weighted by atomic mass is 16.5. The van der Waals surface area contributed by atoms with E-state index in [0.717, 1.165) is 52.2 Å². The average molecular weight is 796 g/mol. The molecule has 4 aliphatic rings. The van der Waals surface area contributed by atoms with Crippen molar-refractivity contribution in [2.75, 3.05) is 14.7 Å². The van der Waals surface area contributed by atoms with E-state index < -0.39 is 0 Å². The fourth-order valence-corrected chi connectivity index (χ4v) is 9.60. The first-order chi connectivity index (χ1) is 29.3. The number of rotatable bonds is 3. The fourth-order valence-electron chi connectivity index (χ4n) is 9.60. The van der Waals surface area contributed by atoms with Crippen molar-refractivity contribution in [1.82, 2.24) is 0 Å². The van der Waals surface area contributed by atoms with Crippen molar-refractivity contribution in [3.05, 3.63) is 159 Å². The maximum absolute atomic E-state index is 11.6.